The zero-order valence-corrected chi connectivity index (χ0v) is 11.0. The van der Waals surface area contributed by atoms with Crippen molar-refractivity contribution in [3.05, 3.63) is 30.6 Å². The van der Waals surface area contributed by atoms with Gasteiger partial charge in [-0.25, -0.2) is 0 Å². The van der Waals surface area contributed by atoms with E-state index in [9.17, 15) is 5.11 Å². The molecule has 0 radical (unpaired) electrons. The number of phenolic OH excluding ortho intramolecular Hbond substituents is 1. The van der Waals surface area contributed by atoms with Crippen LogP contribution in [0.15, 0.2) is 30.6 Å². The smallest absolute Gasteiger partial charge is 0.161 e. The quantitative estimate of drug-likeness (QED) is 0.916. The Balaban J connectivity index is 1.81. The molecule has 1 aliphatic carbocycles. The predicted octanol–water partition coefficient (Wildman–Crippen LogP) is 3.06. The summed E-state index contributed by atoms with van der Waals surface area (Å²) < 4.78 is 7.14. The number of aromatic nitrogens is 2. The van der Waals surface area contributed by atoms with E-state index in [0.717, 1.165) is 23.6 Å². The molecule has 0 spiro atoms. The van der Waals surface area contributed by atoms with Gasteiger partial charge < -0.3 is 9.84 Å². The molecular formula is C15H18N2O2. The second kappa shape index (κ2) is 4.96. The molecular weight excluding hydrogens is 240 g/mol. The Morgan fingerprint density at radius 1 is 1.37 bits per heavy atom. The van der Waals surface area contributed by atoms with Crippen molar-refractivity contribution >= 4 is 0 Å². The van der Waals surface area contributed by atoms with Gasteiger partial charge in [-0.1, -0.05) is 12.5 Å². The molecule has 2 aromatic rings. The van der Waals surface area contributed by atoms with Crippen molar-refractivity contribution in [3.8, 4) is 22.6 Å². The lowest BCUT2D eigenvalue weighted by molar-refractivity contribution is 0.266. The molecule has 100 valence electrons. The maximum absolute atomic E-state index is 9.60. The van der Waals surface area contributed by atoms with E-state index < -0.39 is 0 Å². The van der Waals surface area contributed by atoms with Crippen LogP contribution in [0.1, 0.15) is 19.3 Å². The van der Waals surface area contributed by atoms with Crippen LogP contribution in [-0.2, 0) is 6.54 Å². The Hall–Kier alpha value is -1.97. The first kappa shape index (κ1) is 12.1. The van der Waals surface area contributed by atoms with Gasteiger partial charge in [0.05, 0.1) is 13.3 Å². The Morgan fingerprint density at radius 2 is 2.21 bits per heavy atom. The van der Waals surface area contributed by atoms with Gasteiger partial charge in [0.1, 0.15) is 0 Å². The maximum atomic E-state index is 9.60. The van der Waals surface area contributed by atoms with Gasteiger partial charge in [0.15, 0.2) is 11.5 Å². The molecule has 1 N–H and O–H groups in total. The zero-order chi connectivity index (χ0) is 13.2. The fraction of sp³-hybridized carbons (Fsp3) is 0.400. The highest BCUT2D eigenvalue weighted by Gasteiger charge is 2.18. The Morgan fingerprint density at radius 3 is 2.89 bits per heavy atom. The average molecular weight is 258 g/mol. The van der Waals surface area contributed by atoms with Crippen LogP contribution < -0.4 is 4.74 Å². The van der Waals surface area contributed by atoms with E-state index in [0.29, 0.717) is 5.75 Å². The van der Waals surface area contributed by atoms with Crippen LogP contribution in [0.3, 0.4) is 0 Å². The van der Waals surface area contributed by atoms with E-state index in [1.54, 1.807) is 13.2 Å². The van der Waals surface area contributed by atoms with Gasteiger partial charge in [-0.3, -0.25) is 4.68 Å². The fourth-order valence-electron chi connectivity index (χ4n) is 2.41. The van der Waals surface area contributed by atoms with Crippen LogP contribution in [0.25, 0.3) is 11.1 Å². The third kappa shape index (κ3) is 2.43. The van der Waals surface area contributed by atoms with Crippen LogP contribution in [-0.4, -0.2) is 22.0 Å². The Labute approximate surface area is 112 Å². The van der Waals surface area contributed by atoms with E-state index in [2.05, 4.69) is 11.3 Å². The molecule has 4 heteroatoms. The molecule has 1 aliphatic rings. The first-order valence-corrected chi connectivity index (χ1v) is 6.66. The number of methoxy groups -OCH3 is 1. The largest absolute Gasteiger partial charge is 0.504 e. The molecule has 1 heterocycles. The normalized spacial score (nSPS) is 15.2. The van der Waals surface area contributed by atoms with Gasteiger partial charge in [-0.2, -0.15) is 5.10 Å². The minimum atomic E-state index is 0.160. The van der Waals surface area contributed by atoms with E-state index in [4.69, 9.17) is 4.74 Å². The van der Waals surface area contributed by atoms with Crippen molar-refractivity contribution in [2.45, 2.75) is 25.8 Å². The topological polar surface area (TPSA) is 47.3 Å². The van der Waals surface area contributed by atoms with Gasteiger partial charge in [0.25, 0.3) is 0 Å². The van der Waals surface area contributed by atoms with Crippen molar-refractivity contribution < 1.29 is 9.84 Å². The highest BCUT2D eigenvalue weighted by molar-refractivity contribution is 5.65. The van der Waals surface area contributed by atoms with Crippen LogP contribution >= 0.6 is 0 Å². The summed E-state index contributed by atoms with van der Waals surface area (Å²) >= 11 is 0. The molecule has 0 bridgehead atoms. The molecule has 4 nitrogen and oxygen atoms in total. The Bertz CT molecular complexity index is 573. The van der Waals surface area contributed by atoms with Crippen molar-refractivity contribution in [2.75, 3.05) is 7.11 Å². The maximum Gasteiger partial charge on any atom is 0.161 e. The summed E-state index contributed by atoms with van der Waals surface area (Å²) in [6.07, 6.45) is 7.92. The second-order valence-electron chi connectivity index (χ2n) is 5.13. The lowest BCUT2D eigenvalue weighted by Gasteiger charge is -2.24. The number of aromatic hydroxyl groups is 1. The van der Waals surface area contributed by atoms with E-state index >= 15 is 0 Å². The summed E-state index contributed by atoms with van der Waals surface area (Å²) in [5.41, 5.74) is 2.06. The number of ether oxygens (including phenoxy) is 1. The summed E-state index contributed by atoms with van der Waals surface area (Å²) in [5, 5.41) is 14.0. The summed E-state index contributed by atoms with van der Waals surface area (Å²) in [5.74, 6) is 1.44. The van der Waals surface area contributed by atoms with Gasteiger partial charge >= 0.3 is 0 Å². The first-order valence-electron chi connectivity index (χ1n) is 6.66. The average Bonchev–Trinajstić information content (AvgIpc) is 2.83. The molecule has 0 unspecified atom stereocenters. The summed E-state index contributed by atoms with van der Waals surface area (Å²) in [7, 11) is 1.55. The van der Waals surface area contributed by atoms with Crippen molar-refractivity contribution in [2.24, 2.45) is 5.92 Å². The number of rotatable bonds is 4. The van der Waals surface area contributed by atoms with Crippen molar-refractivity contribution in [3.63, 3.8) is 0 Å². The second-order valence-corrected chi connectivity index (χ2v) is 5.13. The van der Waals surface area contributed by atoms with Crippen LogP contribution in [0.5, 0.6) is 11.5 Å². The molecule has 3 rings (SSSR count). The van der Waals surface area contributed by atoms with Gasteiger partial charge in [0.2, 0.25) is 0 Å². The third-order valence-corrected chi connectivity index (χ3v) is 3.82. The summed E-state index contributed by atoms with van der Waals surface area (Å²) in [6.45, 7) is 1.01. The zero-order valence-electron chi connectivity index (χ0n) is 11.0. The number of nitrogens with zero attached hydrogens (tertiary/aromatic N) is 2. The molecule has 0 aliphatic heterocycles. The van der Waals surface area contributed by atoms with E-state index in [1.807, 2.05) is 23.0 Å². The van der Waals surface area contributed by atoms with Crippen LogP contribution in [0.4, 0.5) is 0 Å². The molecule has 1 saturated carbocycles. The van der Waals surface area contributed by atoms with Crippen molar-refractivity contribution in [1.82, 2.24) is 9.78 Å². The van der Waals surface area contributed by atoms with E-state index in [1.165, 1.54) is 19.3 Å². The monoisotopic (exact) mass is 258 g/mol. The van der Waals surface area contributed by atoms with Gasteiger partial charge in [0, 0.05) is 18.3 Å². The number of hydrogen-bond acceptors (Lipinski definition) is 3. The third-order valence-electron chi connectivity index (χ3n) is 3.82. The first-order chi connectivity index (χ1) is 9.26. The fourth-order valence-corrected chi connectivity index (χ4v) is 2.41. The molecule has 1 fully saturated rings. The number of benzene rings is 1. The molecule has 1 aromatic carbocycles. The van der Waals surface area contributed by atoms with Crippen LogP contribution in [0.2, 0.25) is 0 Å². The standard InChI is InChI=1S/C15H18N2O2/c1-19-15-7-12(5-6-14(15)18)13-8-16-17(10-13)9-11-3-2-4-11/h5-8,10-11,18H,2-4,9H2,1H3. The SMILES string of the molecule is COc1cc(-c2cnn(CC3CCC3)c2)ccc1O. The van der Waals surface area contributed by atoms with Gasteiger partial charge in [-0.05, 0) is 36.5 Å². The van der Waals surface area contributed by atoms with E-state index in [-0.39, 0.29) is 5.75 Å². The lowest BCUT2D eigenvalue weighted by atomic mass is 9.85. The summed E-state index contributed by atoms with van der Waals surface area (Å²) in [4.78, 5) is 0. The number of hydrogen-bond donors (Lipinski definition) is 1. The molecule has 1 aromatic heterocycles. The molecule has 0 amide bonds. The predicted molar refractivity (Wildman–Crippen MR) is 73.2 cm³/mol. The molecule has 0 atom stereocenters. The van der Waals surface area contributed by atoms with Crippen LogP contribution in [0, 0.1) is 5.92 Å². The highest BCUT2D eigenvalue weighted by atomic mass is 16.5. The molecule has 19 heavy (non-hydrogen) atoms. The highest BCUT2D eigenvalue weighted by Crippen LogP contribution is 2.32. The minimum Gasteiger partial charge on any atom is -0.504 e. The Kier molecular flexibility index (Phi) is 3.15. The van der Waals surface area contributed by atoms with Gasteiger partial charge in [-0.15, -0.1) is 0 Å². The summed E-state index contributed by atoms with van der Waals surface area (Å²) in [6, 6.07) is 5.36. The number of phenols is 1. The van der Waals surface area contributed by atoms with Crippen molar-refractivity contribution in [1.29, 1.82) is 0 Å². The lowest BCUT2D eigenvalue weighted by Crippen LogP contribution is -2.18. The minimum absolute atomic E-state index is 0.160. The molecule has 0 saturated heterocycles.